The predicted octanol–water partition coefficient (Wildman–Crippen LogP) is 1.66. The van der Waals surface area contributed by atoms with Crippen LogP contribution in [-0.2, 0) is 9.47 Å². The maximum atomic E-state index is 12.3. The van der Waals surface area contributed by atoms with Crippen LogP contribution < -0.4 is 10.7 Å². The Kier molecular flexibility index (Phi) is 5.82. The number of carbonyl (C=O) groups excluding carboxylic acids is 3. The highest BCUT2D eigenvalue weighted by Gasteiger charge is 2.26. The molecule has 1 aromatic heterocycles. The number of rotatable bonds is 4. The minimum Gasteiger partial charge on any atom is -0.464 e. The number of imidazole rings is 1. The summed E-state index contributed by atoms with van der Waals surface area (Å²) in [6.45, 7) is 1.15. The smallest absolute Gasteiger partial charge is 0.358 e. The largest absolute Gasteiger partial charge is 0.464 e. The van der Waals surface area contributed by atoms with Crippen molar-refractivity contribution in [3.63, 3.8) is 0 Å². The normalized spacial score (nSPS) is 14.4. The minimum absolute atomic E-state index is 0.0160. The maximum Gasteiger partial charge on any atom is 0.358 e. The molecule has 1 saturated heterocycles. The molecule has 142 valence electrons. The lowest BCUT2D eigenvalue weighted by molar-refractivity contribution is 0.0589. The summed E-state index contributed by atoms with van der Waals surface area (Å²) >= 11 is 0. The summed E-state index contributed by atoms with van der Waals surface area (Å²) in [5.74, 6) is -0.667. The van der Waals surface area contributed by atoms with E-state index < -0.39 is 17.9 Å². The van der Waals surface area contributed by atoms with Crippen LogP contribution in [0.5, 0.6) is 0 Å². The Morgan fingerprint density at radius 1 is 1.19 bits per heavy atom. The van der Waals surface area contributed by atoms with Crippen molar-refractivity contribution in [3.8, 4) is 0 Å². The molecular weight excluding hydrogens is 352 g/mol. The molecule has 9 heteroatoms. The zero-order valence-corrected chi connectivity index (χ0v) is 14.8. The number of urea groups is 1. The monoisotopic (exact) mass is 372 g/mol. The van der Waals surface area contributed by atoms with Crippen molar-refractivity contribution in [2.45, 2.75) is 18.8 Å². The molecule has 0 unspecified atom stereocenters. The van der Waals surface area contributed by atoms with Crippen LogP contribution in [0.4, 0.5) is 4.79 Å². The van der Waals surface area contributed by atoms with Crippen LogP contribution in [0.3, 0.4) is 0 Å². The average molecular weight is 372 g/mol. The Labute approximate surface area is 155 Å². The van der Waals surface area contributed by atoms with Gasteiger partial charge >= 0.3 is 12.0 Å². The van der Waals surface area contributed by atoms with Crippen LogP contribution in [0.1, 0.15) is 45.4 Å². The van der Waals surface area contributed by atoms with E-state index >= 15 is 0 Å². The fraction of sp³-hybridized carbons (Fsp3) is 0.333. The SMILES string of the molecule is COC(=O)c1cnc(C2CCOCC2)n1NC(=O)NC(=O)c1ccccc1. The number of aromatic nitrogens is 2. The third kappa shape index (κ3) is 4.32. The van der Waals surface area contributed by atoms with Crippen LogP contribution in [-0.4, -0.2) is 47.9 Å². The van der Waals surface area contributed by atoms with Crippen molar-refractivity contribution in [1.82, 2.24) is 15.0 Å². The third-order valence-corrected chi connectivity index (χ3v) is 4.25. The highest BCUT2D eigenvalue weighted by Crippen LogP contribution is 2.26. The molecule has 3 amide bonds. The summed E-state index contributed by atoms with van der Waals surface area (Å²) in [7, 11) is 1.24. The topological polar surface area (TPSA) is 112 Å². The summed E-state index contributed by atoms with van der Waals surface area (Å²) in [5, 5.41) is 2.23. The lowest BCUT2D eigenvalue weighted by Gasteiger charge is -2.23. The summed E-state index contributed by atoms with van der Waals surface area (Å²) in [4.78, 5) is 40.8. The Bertz CT molecular complexity index is 828. The van der Waals surface area contributed by atoms with E-state index in [9.17, 15) is 14.4 Å². The molecule has 3 rings (SSSR count). The first-order valence-electron chi connectivity index (χ1n) is 8.51. The van der Waals surface area contributed by atoms with Crippen LogP contribution >= 0.6 is 0 Å². The molecule has 1 aliphatic heterocycles. The van der Waals surface area contributed by atoms with Crippen LogP contribution in [0, 0.1) is 0 Å². The van der Waals surface area contributed by atoms with Crippen molar-refractivity contribution in [3.05, 3.63) is 53.6 Å². The first kappa shape index (κ1) is 18.6. The molecule has 0 atom stereocenters. The average Bonchev–Trinajstić information content (AvgIpc) is 3.12. The number of carbonyl (C=O) groups is 3. The minimum atomic E-state index is -0.777. The van der Waals surface area contributed by atoms with Crippen molar-refractivity contribution >= 4 is 17.9 Å². The lowest BCUT2D eigenvalue weighted by atomic mass is 10.00. The first-order chi connectivity index (χ1) is 13.1. The van der Waals surface area contributed by atoms with Gasteiger partial charge in [-0.1, -0.05) is 18.2 Å². The molecule has 9 nitrogen and oxygen atoms in total. The Balaban J connectivity index is 1.79. The van der Waals surface area contributed by atoms with Gasteiger partial charge in [-0.2, -0.15) is 0 Å². The molecule has 1 aromatic carbocycles. The van der Waals surface area contributed by atoms with E-state index in [0.29, 0.717) is 37.4 Å². The van der Waals surface area contributed by atoms with E-state index in [2.05, 4.69) is 15.7 Å². The number of methoxy groups -OCH3 is 1. The molecule has 1 fully saturated rings. The van der Waals surface area contributed by atoms with Crippen LogP contribution in [0.25, 0.3) is 0 Å². The molecule has 0 aliphatic carbocycles. The number of benzene rings is 1. The second-order valence-corrected chi connectivity index (χ2v) is 5.98. The van der Waals surface area contributed by atoms with Gasteiger partial charge < -0.3 is 9.47 Å². The molecule has 1 aliphatic rings. The third-order valence-electron chi connectivity index (χ3n) is 4.25. The lowest BCUT2D eigenvalue weighted by Crippen LogP contribution is -2.40. The van der Waals surface area contributed by atoms with Crippen molar-refractivity contribution in [2.24, 2.45) is 0 Å². The van der Waals surface area contributed by atoms with Crippen molar-refractivity contribution < 1.29 is 23.9 Å². The van der Waals surface area contributed by atoms with Crippen LogP contribution in [0.15, 0.2) is 36.5 Å². The molecule has 2 aromatic rings. The number of imide groups is 1. The van der Waals surface area contributed by atoms with E-state index in [1.54, 1.807) is 30.3 Å². The molecular formula is C18H20N4O5. The van der Waals surface area contributed by atoms with E-state index in [0.717, 1.165) is 0 Å². The van der Waals surface area contributed by atoms with Gasteiger partial charge in [-0.25, -0.2) is 24.7 Å². The molecule has 0 saturated carbocycles. The summed E-state index contributed by atoms with van der Waals surface area (Å²) in [6.07, 6.45) is 2.77. The van der Waals surface area contributed by atoms with Gasteiger partial charge in [0.1, 0.15) is 5.82 Å². The molecule has 0 radical (unpaired) electrons. The van der Waals surface area contributed by atoms with Crippen molar-refractivity contribution in [1.29, 1.82) is 0 Å². The van der Waals surface area contributed by atoms with E-state index in [1.165, 1.54) is 18.0 Å². The summed E-state index contributed by atoms with van der Waals surface area (Å²) in [5.41, 5.74) is 2.93. The highest BCUT2D eigenvalue weighted by molar-refractivity contribution is 6.06. The van der Waals surface area contributed by atoms with E-state index in [4.69, 9.17) is 9.47 Å². The molecule has 0 spiro atoms. The number of hydrogen-bond acceptors (Lipinski definition) is 6. The second-order valence-electron chi connectivity index (χ2n) is 5.98. The summed E-state index contributed by atoms with van der Waals surface area (Å²) in [6, 6.07) is 7.56. The molecule has 2 N–H and O–H groups in total. The van der Waals surface area contributed by atoms with Gasteiger partial charge in [0.05, 0.1) is 13.3 Å². The Morgan fingerprint density at radius 3 is 2.56 bits per heavy atom. The van der Waals surface area contributed by atoms with Gasteiger partial charge in [-0.15, -0.1) is 0 Å². The number of nitrogens with one attached hydrogen (secondary N) is 2. The predicted molar refractivity (Wildman–Crippen MR) is 95.0 cm³/mol. The second kappa shape index (κ2) is 8.45. The van der Waals surface area contributed by atoms with Gasteiger partial charge in [-0.05, 0) is 25.0 Å². The zero-order valence-electron chi connectivity index (χ0n) is 14.8. The van der Waals surface area contributed by atoms with Gasteiger partial charge in [0.25, 0.3) is 5.91 Å². The van der Waals surface area contributed by atoms with Crippen molar-refractivity contribution in [2.75, 3.05) is 25.7 Å². The number of amides is 3. The molecule has 27 heavy (non-hydrogen) atoms. The fourth-order valence-electron chi connectivity index (χ4n) is 2.87. The number of ether oxygens (including phenoxy) is 2. The highest BCUT2D eigenvalue weighted by atomic mass is 16.5. The maximum absolute atomic E-state index is 12.3. The Hall–Kier alpha value is -3.20. The molecule has 0 bridgehead atoms. The van der Waals surface area contributed by atoms with Gasteiger partial charge in [0.15, 0.2) is 5.69 Å². The van der Waals surface area contributed by atoms with E-state index in [1.807, 2.05) is 0 Å². The summed E-state index contributed by atoms with van der Waals surface area (Å²) < 4.78 is 11.4. The van der Waals surface area contributed by atoms with E-state index in [-0.39, 0.29) is 11.6 Å². The fourth-order valence-corrected chi connectivity index (χ4v) is 2.87. The van der Waals surface area contributed by atoms with Gasteiger partial charge in [0, 0.05) is 24.7 Å². The number of esters is 1. The van der Waals surface area contributed by atoms with Gasteiger partial charge in [0.2, 0.25) is 0 Å². The first-order valence-corrected chi connectivity index (χ1v) is 8.51. The van der Waals surface area contributed by atoms with Gasteiger partial charge in [-0.3, -0.25) is 10.1 Å². The quantitative estimate of drug-likeness (QED) is 0.790. The Morgan fingerprint density at radius 2 is 1.89 bits per heavy atom. The standard InChI is InChI=1S/C18H20N4O5/c1-26-17(24)14-11-19-15(12-7-9-27-10-8-12)22(14)21-18(25)20-16(23)13-5-3-2-4-6-13/h2-6,11-12H,7-10H2,1H3,(H2,20,21,23,25). The van der Waals surface area contributed by atoms with Crippen LogP contribution in [0.2, 0.25) is 0 Å². The number of hydrogen-bond donors (Lipinski definition) is 2. The zero-order chi connectivity index (χ0) is 19.2. The molecule has 2 heterocycles. The number of nitrogens with zero attached hydrogens (tertiary/aromatic N) is 2.